The summed E-state index contributed by atoms with van der Waals surface area (Å²) in [5, 5.41) is 3.00. The van der Waals surface area contributed by atoms with Gasteiger partial charge in [0.2, 0.25) is 0 Å². The molecular weight excluding hydrogens is 350 g/mol. The number of hydrogen-bond donors (Lipinski definition) is 1. The fraction of sp³-hybridized carbons (Fsp3) is 0.167. The highest BCUT2D eigenvalue weighted by atomic mass is 16.5. The van der Waals surface area contributed by atoms with Gasteiger partial charge in [0.25, 0.3) is 5.91 Å². The van der Waals surface area contributed by atoms with E-state index in [1.165, 1.54) is 0 Å². The highest BCUT2D eigenvalue weighted by Gasteiger charge is 2.23. The first kappa shape index (κ1) is 19.4. The first-order valence-electron chi connectivity index (χ1n) is 9.22. The van der Waals surface area contributed by atoms with Crippen LogP contribution in [-0.2, 0) is 9.53 Å². The lowest BCUT2D eigenvalue weighted by Gasteiger charge is -2.22. The lowest BCUT2D eigenvalue weighted by atomic mass is 9.98. The number of hydrogen-bond acceptors (Lipinski definition) is 3. The van der Waals surface area contributed by atoms with Crippen molar-refractivity contribution in [2.45, 2.75) is 26.0 Å². The average Bonchev–Trinajstić information content (AvgIpc) is 2.73. The van der Waals surface area contributed by atoms with Crippen LogP contribution in [0.5, 0.6) is 0 Å². The number of rotatable bonds is 6. The Balaban J connectivity index is 1.73. The molecule has 1 N–H and O–H groups in total. The van der Waals surface area contributed by atoms with E-state index >= 15 is 0 Å². The Morgan fingerprint density at radius 1 is 0.821 bits per heavy atom. The van der Waals surface area contributed by atoms with E-state index in [1.807, 2.05) is 73.7 Å². The van der Waals surface area contributed by atoms with E-state index in [1.54, 1.807) is 25.1 Å². The van der Waals surface area contributed by atoms with Crippen molar-refractivity contribution in [3.63, 3.8) is 0 Å². The number of amides is 1. The van der Waals surface area contributed by atoms with E-state index in [0.717, 1.165) is 16.7 Å². The SMILES string of the molecule is Cc1cccc(C(=O)O[C@H](C)C(=O)NC(c2ccccc2)c2ccccc2)c1. The summed E-state index contributed by atoms with van der Waals surface area (Å²) in [4.78, 5) is 25.1. The van der Waals surface area contributed by atoms with E-state index in [0.29, 0.717) is 5.56 Å². The summed E-state index contributed by atoms with van der Waals surface area (Å²) in [6.07, 6.45) is -0.914. The third kappa shape index (κ3) is 4.86. The van der Waals surface area contributed by atoms with Crippen molar-refractivity contribution in [3.8, 4) is 0 Å². The van der Waals surface area contributed by atoms with Crippen LogP contribution in [0.3, 0.4) is 0 Å². The van der Waals surface area contributed by atoms with Crippen molar-refractivity contribution in [3.05, 3.63) is 107 Å². The molecule has 0 saturated heterocycles. The fourth-order valence-corrected chi connectivity index (χ4v) is 2.96. The molecule has 4 nitrogen and oxygen atoms in total. The van der Waals surface area contributed by atoms with Gasteiger partial charge in [0.1, 0.15) is 0 Å². The minimum absolute atomic E-state index is 0.324. The van der Waals surface area contributed by atoms with Crippen LogP contribution in [-0.4, -0.2) is 18.0 Å². The Labute approximate surface area is 165 Å². The van der Waals surface area contributed by atoms with Gasteiger partial charge < -0.3 is 10.1 Å². The molecule has 1 atom stereocenters. The summed E-state index contributed by atoms with van der Waals surface area (Å²) in [5.41, 5.74) is 3.31. The molecule has 3 aromatic rings. The first-order valence-corrected chi connectivity index (χ1v) is 9.22. The van der Waals surface area contributed by atoms with Gasteiger partial charge in [-0.15, -0.1) is 0 Å². The molecule has 0 heterocycles. The Morgan fingerprint density at radius 2 is 1.39 bits per heavy atom. The van der Waals surface area contributed by atoms with Crippen LogP contribution in [0.2, 0.25) is 0 Å². The van der Waals surface area contributed by atoms with Gasteiger partial charge >= 0.3 is 5.97 Å². The normalized spacial score (nSPS) is 11.7. The third-order valence-electron chi connectivity index (χ3n) is 4.46. The molecular formula is C24H23NO3. The van der Waals surface area contributed by atoms with Crippen molar-refractivity contribution in [1.29, 1.82) is 0 Å². The molecule has 0 aromatic heterocycles. The van der Waals surface area contributed by atoms with Crippen molar-refractivity contribution < 1.29 is 14.3 Å². The number of aryl methyl sites for hydroxylation is 1. The van der Waals surface area contributed by atoms with Gasteiger partial charge in [-0.05, 0) is 37.1 Å². The van der Waals surface area contributed by atoms with E-state index in [-0.39, 0.29) is 11.9 Å². The molecule has 142 valence electrons. The number of ether oxygens (including phenoxy) is 1. The molecule has 0 saturated carbocycles. The lowest BCUT2D eigenvalue weighted by Crippen LogP contribution is -2.38. The zero-order valence-electron chi connectivity index (χ0n) is 16.0. The Hall–Kier alpha value is -3.40. The molecule has 0 fully saturated rings. The number of carbonyl (C=O) groups excluding carboxylic acids is 2. The predicted octanol–water partition coefficient (Wildman–Crippen LogP) is 4.45. The molecule has 0 radical (unpaired) electrons. The average molecular weight is 373 g/mol. The van der Waals surface area contributed by atoms with Gasteiger partial charge in [0, 0.05) is 0 Å². The highest BCUT2D eigenvalue weighted by Crippen LogP contribution is 2.22. The van der Waals surface area contributed by atoms with Crippen LogP contribution in [0, 0.1) is 6.92 Å². The smallest absolute Gasteiger partial charge is 0.338 e. The molecule has 0 spiro atoms. The highest BCUT2D eigenvalue weighted by molar-refractivity contribution is 5.92. The number of carbonyl (C=O) groups is 2. The van der Waals surface area contributed by atoms with Crippen molar-refractivity contribution in [2.24, 2.45) is 0 Å². The van der Waals surface area contributed by atoms with E-state index in [2.05, 4.69) is 5.32 Å². The van der Waals surface area contributed by atoms with Gasteiger partial charge in [-0.25, -0.2) is 4.79 Å². The van der Waals surface area contributed by atoms with Gasteiger partial charge in [-0.1, -0.05) is 78.4 Å². The largest absolute Gasteiger partial charge is 0.449 e. The third-order valence-corrected chi connectivity index (χ3v) is 4.46. The maximum atomic E-state index is 12.7. The Kier molecular flexibility index (Phi) is 6.22. The quantitative estimate of drug-likeness (QED) is 0.650. The van der Waals surface area contributed by atoms with Crippen LogP contribution in [0.15, 0.2) is 84.9 Å². The Bertz CT molecular complexity index is 899. The molecule has 28 heavy (non-hydrogen) atoms. The summed E-state index contributed by atoms with van der Waals surface area (Å²) in [5.74, 6) is -0.860. The zero-order valence-corrected chi connectivity index (χ0v) is 16.0. The Morgan fingerprint density at radius 3 is 1.93 bits per heavy atom. The van der Waals surface area contributed by atoms with Crippen LogP contribution in [0.4, 0.5) is 0 Å². The zero-order chi connectivity index (χ0) is 19.9. The summed E-state index contributed by atoms with van der Waals surface area (Å²) >= 11 is 0. The second-order valence-corrected chi connectivity index (χ2v) is 6.68. The number of nitrogens with one attached hydrogen (secondary N) is 1. The van der Waals surface area contributed by atoms with E-state index in [4.69, 9.17) is 4.74 Å². The first-order chi connectivity index (χ1) is 13.5. The van der Waals surface area contributed by atoms with Crippen molar-refractivity contribution in [1.82, 2.24) is 5.32 Å². The second kappa shape index (κ2) is 9.00. The molecule has 4 heteroatoms. The lowest BCUT2D eigenvalue weighted by molar-refractivity contribution is -0.129. The monoisotopic (exact) mass is 373 g/mol. The summed E-state index contributed by atoms with van der Waals surface area (Å²) in [6, 6.07) is 26.2. The maximum absolute atomic E-state index is 12.7. The number of benzene rings is 3. The van der Waals surface area contributed by atoms with Gasteiger partial charge in [0.05, 0.1) is 11.6 Å². The van der Waals surface area contributed by atoms with Crippen LogP contribution in [0.25, 0.3) is 0 Å². The number of esters is 1. The predicted molar refractivity (Wildman–Crippen MR) is 109 cm³/mol. The van der Waals surface area contributed by atoms with Crippen LogP contribution < -0.4 is 5.32 Å². The molecule has 0 aliphatic carbocycles. The van der Waals surface area contributed by atoms with Gasteiger partial charge in [-0.2, -0.15) is 0 Å². The topological polar surface area (TPSA) is 55.4 Å². The minimum atomic E-state index is -0.914. The molecule has 1 amide bonds. The standard InChI is InChI=1S/C24H23NO3/c1-17-10-9-15-21(16-17)24(27)28-18(2)23(26)25-22(19-11-5-3-6-12-19)20-13-7-4-8-14-20/h3-16,18,22H,1-2H3,(H,25,26)/t18-/m1/s1. The van der Waals surface area contributed by atoms with Crippen LogP contribution >= 0.6 is 0 Å². The minimum Gasteiger partial charge on any atom is -0.449 e. The molecule has 0 aliphatic rings. The fourth-order valence-electron chi connectivity index (χ4n) is 2.96. The molecule has 3 rings (SSSR count). The van der Waals surface area contributed by atoms with Crippen molar-refractivity contribution >= 4 is 11.9 Å². The molecule has 0 unspecified atom stereocenters. The maximum Gasteiger partial charge on any atom is 0.338 e. The molecule has 0 aliphatic heterocycles. The molecule has 3 aromatic carbocycles. The summed E-state index contributed by atoms with van der Waals surface area (Å²) in [7, 11) is 0. The summed E-state index contributed by atoms with van der Waals surface area (Å²) < 4.78 is 5.37. The van der Waals surface area contributed by atoms with Crippen molar-refractivity contribution in [2.75, 3.05) is 0 Å². The van der Waals surface area contributed by atoms with Gasteiger partial charge in [0.15, 0.2) is 6.10 Å². The van der Waals surface area contributed by atoms with Gasteiger partial charge in [-0.3, -0.25) is 4.79 Å². The van der Waals surface area contributed by atoms with E-state index in [9.17, 15) is 9.59 Å². The molecule has 0 bridgehead atoms. The van der Waals surface area contributed by atoms with E-state index < -0.39 is 12.1 Å². The van der Waals surface area contributed by atoms with Crippen LogP contribution in [0.1, 0.15) is 40.0 Å². The summed E-state index contributed by atoms with van der Waals surface area (Å²) in [6.45, 7) is 3.48. The second-order valence-electron chi connectivity index (χ2n) is 6.68.